The van der Waals surface area contributed by atoms with Crippen molar-refractivity contribution in [2.75, 3.05) is 20.0 Å². The molecule has 4 nitrogen and oxygen atoms in total. The van der Waals surface area contributed by atoms with Gasteiger partial charge in [-0.2, -0.15) is 0 Å². The highest BCUT2D eigenvalue weighted by atomic mass is 35.5. The Bertz CT molecular complexity index is 737. The van der Waals surface area contributed by atoms with Gasteiger partial charge in [0.05, 0.1) is 20.0 Å². The molecule has 0 aliphatic carbocycles. The number of nitrogens with one attached hydrogen (secondary N) is 1. The molecule has 0 saturated heterocycles. The molecule has 0 aliphatic heterocycles. The van der Waals surface area contributed by atoms with Crippen LogP contribution < -0.4 is 14.8 Å². The lowest BCUT2D eigenvalue weighted by molar-refractivity contribution is -0.118. The fraction of sp³-hybridized carbons (Fsp3) is 0.316. The van der Waals surface area contributed by atoms with E-state index >= 15 is 0 Å². The van der Waals surface area contributed by atoms with Crippen LogP contribution in [0, 0.1) is 0 Å². The smallest absolute Gasteiger partial charge is 0.230 e. The molecule has 6 heteroatoms. The minimum atomic E-state index is -0.0279. The third kappa shape index (κ3) is 5.58. The highest BCUT2D eigenvalue weighted by molar-refractivity contribution is 8.00. The van der Waals surface area contributed by atoms with Gasteiger partial charge in [-0.25, -0.2) is 0 Å². The minimum absolute atomic E-state index is 0.0279. The summed E-state index contributed by atoms with van der Waals surface area (Å²) in [6.45, 7) is 2.49. The average molecular weight is 380 g/mol. The third-order valence-electron chi connectivity index (χ3n) is 3.73. The molecule has 25 heavy (non-hydrogen) atoms. The second-order valence-electron chi connectivity index (χ2n) is 5.35. The summed E-state index contributed by atoms with van der Waals surface area (Å²) >= 11 is 7.53. The molecule has 0 unspecified atom stereocenters. The van der Waals surface area contributed by atoms with Gasteiger partial charge >= 0.3 is 0 Å². The number of carbonyl (C=O) groups is 1. The fourth-order valence-corrected chi connectivity index (χ4v) is 3.49. The highest BCUT2D eigenvalue weighted by Crippen LogP contribution is 2.27. The van der Waals surface area contributed by atoms with Gasteiger partial charge in [-0.3, -0.25) is 4.79 Å². The van der Waals surface area contributed by atoms with E-state index in [0.717, 1.165) is 33.2 Å². The standard InChI is InChI=1S/C19H22ClNO3S/c1-4-13-9-15(20)6-8-18(13)25-12-19(22)21-11-14-5-7-16(23-2)10-17(14)24-3/h5-10H,4,11-12H2,1-3H3,(H,21,22). The van der Waals surface area contributed by atoms with Gasteiger partial charge in [-0.15, -0.1) is 11.8 Å². The molecule has 134 valence electrons. The Morgan fingerprint density at radius 3 is 2.60 bits per heavy atom. The number of aryl methyl sites for hydroxylation is 1. The van der Waals surface area contributed by atoms with E-state index < -0.39 is 0 Å². The molecular formula is C19H22ClNO3S. The van der Waals surface area contributed by atoms with Gasteiger partial charge in [0.1, 0.15) is 11.5 Å². The molecule has 0 aliphatic rings. The Balaban J connectivity index is 1.91. The fourth-order valence-electron chi connectivity index (χ4n) is 2.35. The molecule has 2 aromatic rings. The second-order valence-corrected chi connectivity index (χ2v) is 6.80. The number of carbonyl (C=O) groups excluding carboxylic acids is 1. The summed E-state index contributed by atoms with van der Waals surface area (Å²) in [5.74, 6) is 1.74. The number of amides is 1. The molecule has 0 atom stereocenters. The lowest BCUT2D eigenvalue weighted by Crippen LogP contribution is -2.24. The monoisotopic (exact) mass is 379 g/mol. The number of methoxy groups -OCH3 is 2. The van der Waals surface area contributed by atoms with E-state index in [0.29, 0.717) is 18.0 Å². The molecular weight excluding hydrogens is 358 g/mol. The van der Waals surface area contributed by atoms with Crippen molar-refractivity contribution in [3.05, 3.63) is 52.5 Å². The van der Waals surface area contributed by atoms with Crippen LogP contribution in [0.2, 0.25) is 5.02 Å². The Labute approximate surface area is 157 Å². The van der Waals surface area contributed by atoms with Crippen LogP contribution >= 0.6 is 23.4 Å². The van der Waals surface area contributed by atoms with Crippen molar-refractivity contribution in [2.24, 2.45) is 0 Å². The van der Waals surface area contributed by atoms with Crippen molar-refractivity contribution >= 4 is 29.3 Å². The van der Waals surface area contributed by atoms with Gasteiger partial charge in [0.15, 0.2) is 0 Å². The van der Waals surface area contributed by atoms with Crippen LogP contribution in [-0.2, 0) is 17.8 Å². The predicted molar refractivity (Wildman–Crippen MR) is 103 cm³/mol. The maximum atomic E-state index is 12.2. The zero-order valence-electron chi connectivity index (χ0n) is 14.6. The third-order valence-corrected chi connectivity index (χ3v) is 5.08. The zero-order valence-corrected chi connectivity index (χ0v) is 16.2. The number of benzene rings is 2. The Hall–Kier alpha value is -1.85. The SMILES string of the molecule is CCc1cc(Cl)ccc1SCC(=O)NCc1ccc(OC)cc1OC. The van der Waals surface area contributed by atoms with Crippen LogP contribution in [0.25, 0.3) is 0 Å². The molecule has 0 fully saturated rings. The molecule has 0 radical (unpaired) electrons. The van der Waals surface area contributed by atoms with E-state index in [4.69, 9.17) is 21.1 Å². The zero-order chi connectivity index (χ0) is 18.2. The summed E-state index contributed by atoms with van der Waals surface area (Å²) in [5, 5.41) is 3.64. The Morgan fingerprint density at radius 1 is 1.12 bits per heavy atom. The van der Waals surface area contributed by atoms with Gasteiger partial charge in [-0.1, -0.05) is 18.5 Å². The van der Waals surface area contributed by atoms with E-state index in [1.165, 1.54) is 11.8 Å². The van der Waals surface area contributed by atoms with Crippen LogP contribution in [0.3, 0.4) is 0 Å². The summed E-state index contributed by atoms with van der Waals surface area (Å²) in [6, 6.07) is 11.3. The molecule has 2 aromatic carbocycles. The molecule has 1 amide bonds. The molecule has 0 saturated carbocycles. The van der Waals surface area contributed by atoms with Crippen molar-refractivity contribution in [2.45, 2.75) is 24.8 Å². The lowest BCUT2D eigenvalue weighted by atomic mass is 10.2. The van der Waals surface area contributed by atoms with Gasteiger partial charge in [-0.05, 0) is 42.3 Å². The first kappa shape index (κ1) is 19.5. The van der Waals surface area contributed by atoms with E-state index in [-0.39, 0.29) is 5.91 Å². The van der Waals surface area contributed by atoms with Crippen LogP contribution in [0.5, 0.6) is 11.5 Å². The van der Waals surface area contributed by atoms with E-state index in [2.05, 4.69) is 12.2 Å². The number of thioether (sulfide) groups is 1. The first-order chi connectivity index (χ1) is 12.1. The summed E-state index contributed by atoms with van der Waals surface area (Å²) in [5.41, 5.74) is 2.06. The summed E-state index contributed by atoms with van der Waals surface area (Å²) in [7, 11) is 3.21. The van der Waals surface area contributed by atoms with E-state index in [1.54, 1.807) is 20.3 Å². The summed E-state index contributed by atoms with van der Waals surface area (Å²) < 4.78 is 10.5. The minimum Gasteiger partial charge on any atom is -0.497 e. The quantitative estimate of drug-likeness (QED) is 0.693. The summed E-state index contributed by atoms with van der Waals surface area (Å²) in [4.78, 5) is 13.2. The van der Waals surface area contributed by atoms with Crippen molar-refractivity contribution in [1.29, 1.82) is 0 Å². The van der Waals surface area contributed by atoms with E-state index in [1.807, 2.05) is 30.3 Å². The van der Waals surface area contributed by atoms with Gasteiger partial charge in [0.2, 0.25) is 5.91 Å². The van der Waals surface area contributed by atoms with Crippen LogP contribution in [0.1, 0.15) is 18.1 Å². The van der Waals surface area contributed by atoms with Crippen molar-refractivity contribution in [3.8, 4) is 11.5 Å². The number of rotatable bonds is 8. The van der Waals surface area contributed by atoms with E-state index in [9.17, 15) is 4.79 Å². The first-order valence-corrected chi connectivity index (χ1v) is 9.32. The van der Waals surface area contributed by atoms with Crippen molar-refractivity contribution in [3.63, 3.8) is 0 Å². The van der Waals surface area contributed by atoms with Crippen LogP contribution in [-0.4, -0.2) is 25.9 Å². The normalized spacial score (nSPS) is 10.4. The maximum absolute atomic E-state index is 12.2. The van der Waals surface area contributed by atoms with Gasteiger partial charge in [0, 0.05) is 28.1 Å². The Kier molecular flexibility index (Phi) is 7.47. The number of ether oxygens (including phenoxy) is 2. The van der Waals surface area contributed by atoms with Crippen LogP contribution in [0.15, 0.2) is 41.3 Å². The second kappa shape index (κ2) is 9.59. The Morgan fingerprint density at radius 2 is 1.92 bits per heavy atom. The highest BCUT2D eigenvalue weighted by Gasteiger charge is 2.09. The number of hydrogen-bond acceptors (Lipinski definition) is 4. The molecule has 1 N–H and O–H groups in total. The lowest BCUT2D eigenvalue weighted by Gasteiger charge is -2.12. The number of halogens is 1. The summed E-state index contributed by atoms with van der Waals surface area (Å²) in [6.07, 6.45) is 0.882. The molecule has 0 spiro atoms. The maximum Gasteiger partial charge on any atom is 0.230 e. The predicted octanol–water partition coefficient (Wildman–Crippen LogP) is 4.33. The number of hydrogen-bond donors (Lipinski definition) is 1. The topological polar surface area (TPSA) is 47.6 Å². The average Bonchev–Trinajstić information content (AvgIpc) is 2.64. The van der Waals surface area contributed by atoms with Crippen molar-refractivity contribution < 1.29 is 14.3 Å². The van der Waals surface area contributed by atoms with Crippen molar-refractivity contribution in [1.82, 2.24) is 5.32 Å². The first-order valence-electron chi connectivity index (χ1n) is 7.96. The molecule has 0 aromatic heterocycles. The van der Waals surface area contributed by atoms with Gasteiger partial charge < -0.3 is 14.8 Å². The molecule has 0 bridgehead atoms. The molecule has 2 rings (SSSR count). The van der Waals surface area contributed by atoms with Gasteiger partial charge in [0.25, 0.3) is 0 Å². The molecule has 0 heterocycles. The largest absolute Gasteiger partial charge is 0.497 e. The van der Waals surface area contributed by atoms with Crippen LogP contribution in [0.4, 0.5) is 0 Å².